The van der Waals surface area contributed by atoms with Crippen LogP contribution < -0.4 is 0 Å². The molecule has 0 aliphatic carbocycles. The van der Waals surface area contributed by atoms with E-state index in [0.29, 0.717) is 5.56 Å². The van der Waals surface area contributed by atoms with Crippen LogP contribution in [0.25, 0.3) is 5.69 Å². The Morgan fingerprint density at radius 2 is 2.13 bits per heavy atom. The summed E-state index contributed by atoms with van der Waals surface area (Å²) in [5.74, 6) is -0.857. The number of rotatable bonds is 3. The van der Waals surface area contributed by atoms with Gasteiger partial charge in [-0.2, -0.15) is 5.10 Å². The van der Waals surface area contributed by atoms with Crippen molar-refractivity contribution in [3.05, 3.63) is 42.5 Å². The Morgan fingerprint density at radius 3 is 2.80 bits per heavy atom. The molecule has 2 heterocycles. The van der Waals surface area contributed by atoms with Crippen molar-refractivity contribution >= 4 is 5.97 Å². The summed E-state index contributed by atoms with van der Waals surface area (Å²) in [7, 11) is 0. The van der Waals surface area contributed by atoms with Gasteiger partial charge in [-0.05, 0) is 12.1 Å². The first kappa shape index (κ1) is 9.39. The summed E-state index contributed by atoms with van der Waals surface area (Å²) in [4.78, 5) is 14.4. The molecule has 5 heteroatoms. The number of carbonyl (C=O) groups is 1. The van der Waals surface area contributed by atoms with Crippen LogP contribution in [0.1, 0.15) is 5.56 Å². The monoisotopic (exact) mass is 203 g/mol. The number of hydrogen-bond acceptors (Lipinski definition) is 3. The van der Waals surface area contributed by atoms with E-state index in [0.717, 1.165) is 5.69 Å². The molecule has 76 valence electrons. The highest BCUT2D eigenvalue weighted by atomic mass is 16.4. The van der Waals surface area contributed by atoms with Crippen molar-refractivity contribution in [2.24, 2.45) is 0 Å². The van der Waals surface area contributed by atoms with Crippen LogP contribution in [0.5, 0.6) is 0 Å². The average molecular weight is 203 g/mol. The predicted molar refractivity (Wildman–Crippen MR) is 52.7 cm³/mol. The number of aliphatic carboxylic acids is 1. The van der Waals surface area contributed by atoms with Crippen LogP contribution in [0.2, 0.25) is 0 Å². The van der Waals surface area contributed by atoms with Crippen molar-refractivity contribution in [2.75, 3.05) is 0 Å². The second kappa shape index (κ2) is 3.91. The van der Waals surface area contributed by atoms with E-state index in [2.05, 4.69) is 10.1 Å². The second-order valence-corrected chi connectivity index (χ2v) is 3.07. The van der Waals surface area contributed by atoms with Crippen LogP contribution in [0, 0.1) is 0 Å². The van der Waals surface area contributed by atoms with Crippen molar-refractivity contribution < 1.29 is 9.90 Å². The topological polar surface area (TPSA) is 68.0 Å². The molecule has 1 N–H and O–H groups in total. The Hall–Kier alpha value is -2.17. The molecule has 0 aromatic carbocycles. The molecule has 2 rings (SSSR count). The summed E-state index contributed by atoms with van der Waals surface area (Å²) in [6, 6.07) is 3.61. The van der Waals surface area contributed by atoms with Gasteiger partial charge in [-0.3, -0.25) is 9.78 Å². The number of pyridine rings is 1. The maximum absolute atomic E-state index is 10.5. The lowest BCUT2D eigenvalue weighted by Crippen LogP contribution is -1.98. The van der Waals surface area contributed by atoms with Crippen molar-refractivity contribution in [3.63, 3.8) is 0 Å². The zero-order chi connectivity index (χ0) is 10.7. The van der Waals surface area contributed by atoms with E-state index in [9.17, 15) is 4.79 Å². The third-order valence-electron chi connectivity index (χ3n) is 1.92. The van der Waals surface area contributed by atoms with E-state index in [4.69, 9.17) is 5.11 Å². The minimum Gasteiger partial charge on any atom is -0.481 e. The highest BCUT2D eigenvalue weighted by Crippen LogP contribution is 2.06. The summed E-state index contributed by atoms with van der Waals surface area (Å²) in [5, 5.41) is 12.7. The Bertz CT molecular complexity index is 465. The predicted octanol–water partition coefficient (Wildman–Crippen LogP) is 0.894. The molecule has 0 saturated heterocycles. The molecular weight excluding hydrogens is 194 g/mol. The molecule has 2 aromatic rings. The molecule has 15 heavy (non-hydrogen) atoms. The number of nitrogens with zero attached hydrogens (tertiary/aromatic N) is 3. The van der Waals surface area contributed by atoms with Crippen LogP contribution in [0.4, 0.5) is 0 Å². The summed E-state index contributed by atoms with van der Waals surface area (Å²) in [5.41, 5.74) is 1.54. The molecule has 5 nitrogen and oxygen atoms in total. The molecule has 0 bridgehead atoms. The molecule has 0 spiro atoms. The van der Waals surface area contributed by atoms with Gasteiger partial charge in [0.25, 0.3) is 0 Å². The number of aromatic nitrogens is 3. The van der Waals surface area contributed by atoms with Crippen LogP contribution >= 0.6 is 0 Å². The standard InChI is InChI=1S/C10H9N3O2/c14-10(15)5-8-6-12-13(7-8)9-1-3-11-4-2-9/h1-4,6-7H,5H2,(H,14,15). The van der Waals surface area contributed by atoms with Crippen LogP contribution in [-0.4, -0.2) is 25.8 Å². The maximum atomic E-state index is 10.5. The number of carboxylic acid groups (broad SMARTS) is 1. The molecule has 0 amide bonds. The molecule has 0 aliphatic heterocycles. The van der Waals surface area contributed by atoms with Crippen molar-refractivity contribution in [3.8, 4) is 5.69 Å². The zero-order valence-electron chi connectivity index (χ0n) is 7.87. The van der Waals surface area contributed by atoms with Gasteiger partial charge in [-0.1, -0.05) is 0 Å². The quantitative estimate of drug-likeness (QED) is 0.804. The zero-order valence-corrected chi connectivity index (χ0v) is 7.87. The maximum Gasteiger partial charge on any atom is 0.307 e. The summed E-state index contributed by atoms with van der Waals surface area (Å²) in [6.45, 7) is 0. The molecule has 2 aromatic heterocycles. The van der Waals surface area contributed by atoms with E-state index < -0.39 is 5.97 Å². The summed E-state index contributed by atoms with van der Waals surface area (Å²) in [6.07, 6.45) is 6.56. The SMILES string of the molecule is O=C(O)Cc1cnn(-c2ccncc2)c1. The first-order valence-electron chi connectivity index (χ1n) is 4.41. The van der Waals surface area contributed by atoms with Gasteiger partial charge in [0.05, 0.1) is 18.3 Å². The highest BCUT2D eigenvalue weighted by Gasteiger charge is 2.04. The van der Waals surface area contributed by atoms with Crippen molar-refractivity contribution in [1.82, 2.24) is 14.8 Å². The molecule has 0 fully saturated rings. The largest absolute Gasteiger partial charge is 0.481 e. The number of hydrogen-bond donors (Lipinski definition) is 1. The van der Waals surface area contributed by atoms with Crippen LogP contribution in [0.3, 0.4) is 0 Å². The smallest absolute Gasteiger partial charge is 0.307 e. The summed E-state index contributed by atoms with van der Waals surface area (Å²) >= 11 is 0. The van der Waals surface area contributed by atoms with Gasteiger partial charge in [0, 0.05) is 24.2 Å². The Kier molecular flexibility index (Phi) is 2.45. The normalized spacial score (nSPS) is 10.1. The Morgan fingerprint density at radius 1 is 1.40 bits per heavy atom. The molecule has 0 saturated carbocycles. The lowest BCUT2D eigenvalue weighted by atomic mass is 10.3. The molecule has 0 unspecified atom stereocenters. The van der Waals surface area contributed by atoms with Crippen LogP contribution in [-0.2, 0) is 11.2 Å². The van der Waals surface area contributed by atoms with E-state index >= 15 is 0 Å². The fourth-order valence-electron chi connectivity index (χ4n) is 1.26. The third kappa shape index (κ3) is 2.19. The number of carboxylic acids is 1. The van der Waals surface area contributed by atoms with E-state index in [1.807, 2.05) is 0 Å². The van der Waals surface area contributed by atoms with Crippen LogP contribution in [0.15, 0.2) is 36.9 Å². The lowest BCUT2D eigenvalue weighted by Gasteiger charge is -1.98. The van der Waals surface area contributed by atoms with Gasteiger partial charge in [0.1, 0.15) is 0 Å². The fraction of sp³-hybridized carbons (Fsp3) is 0.100. The summed E-state index contributed by atoms with van der Waals surface area (Å²) < 4.78 is 1.62. The Labute approximate surface area is 86.0 Å². The van der Waals surface area contributed by atoms with Gasteiger partial charge in [-0.15, -0.1) is 0 Å². The molecule has 0 aliphatic rings. The first-order chi connectivity index (χ1) is 7.25. The molecule has 0 radical (unpaired) electrons. The Balaban J connectivity index is 2.24. The van der Waals surface area contributed by atoms with Crippen molar-refractivity contribution in [2.45, 2.75) is 6.42 Å². The van der Waals surface area contributed by atoms with Gasteiger partial charge >= 0.3 is 5.97 Å². The van der Waals surface area contributed by atoms with E-state index in [1.165, 1.54) is 0 Å². The van der Waals surface area contributed by atoms with Crippen molar-refractivity contribution in [1.29, 1.82) is 0 Å². The van der Waals surface area contributed by atoms with Gasteiger partial charge < -0.3 is 5.11 Å². The lowest BCUT2D eigenvalue weighted by molar-refractivity contribution is -0.136. The second-order valence-electron chi connectivity index (χ2n) is 3.07. The minimum absolute atomic E-state index is 0.00885. The van der Waals surface area contributed by atoms with Gasteiger partial charge in [0.15, 0.2) is 0 Å². The highest BCUT2D eigenvalue weighted by molar-refractivity contribution is 5.69. The van der Waals surface area contributed by atoms with Gasteiger partial charge in [-0.25, -0.2) is 4.68 Å². The van der Waals surface area contributed by atoms with Gasteiger partial charge in [0.2, 0.25) is 0 Å². The van der Waals surface area contributed by atoms with E-state index in [1.54, 1.807) is 41.6 Å². The fourth-order valence-corrected chi connectivity index (χ4v) is 1.26. The molecule has 0 atom stereocenters. The van der Waals surface area contributed by atoms with E-state index in [-0.39, 0.29) is 6.42 Å². The minimum atomic E-state index is -0.857. The molecular formula is C10H9N3O2. The first-order valence-corrected chi connectivity index (χ1v) is 4.41. The third-order valence-corrected chi connectivity index (χ3v) is 1.92. The average Bonchev–Trinajstić information content (AvgIpc) is 2.67.